The van der Waals surface area contributed by atoms with E-state index in [1.165, 1.54) is 0 Å². The van der Waals surface area contributed by atoms with E-state index < -0.39 is 0 Å². The molecule has 0 saturated heterocycles. The summed E-state index contributed by atoms with van der Waals surface area (Å²) < 4.78 is 0. The number of phenols is 2. The molecule has 0 aliphatic heterocycles. The second-order valence-electron chi connectivity index (χ2n) is 3.84. The lowest BCUT2D eigenvalue weighted by Crippen LogP contribution is -1.96. The molecule has 1 atom stereocenters. The fourth-order valence-electron chi connectivity index (χ4n) is 1.89. The van der Waals surface area contributed by atoms with Crippen LogP contribution in [0.2, 0.25) is 0 Å². The largest absolute Gasteiger partial charge is 0.508 e. The summed E-state index contributed by atoms with van der Waals surface area (Å²) in [5, 5.41) is 19.5. The minimum absolute atomic E-state index is 0.0256. The van der Waals surface area contributed by atoms with E-state index in [0.717, 1.165) is 5.56 Å². The molecule has 0 bridgehead atoms. The van der Waals surface area contributed by atoms with Crippen LogP contribution in [-0.4, -0.2) is 10.2 Å². The molecule has 2 heteroatoms. The van der Waals surface area contributed by atoms with Crippen molar-refractivity contribution in [2.24, 2.45) is 0 Å². The first kappa shape index (κ1) is 10.6. The zero-order valence-corrected chi connectivity index (χ0v) is 9.09. The van der Waals surface area contributed by atoms with Crippen molar-refractivity contribution in [2.45, 2.75) is 12.8 Å². The van der Waals surface area contributed by atoms with Crippen molar-refractivity contribution in [3.63, 3.8) is 0 Å². The van der Waals surface area contributed by atoms with Gasteiger partial charge >= 0.3 is 0 Å². The third-order valence-corrected chi connectivity index (χ3v) is 2.79. The summed E-state index contributed by atoms with van der Waals surface area (Å²) in [6.07, 6.45) is 0. The van der Waals surface area contributed by atoms with E-state index >= 15 is 0 Å². The smallest absolute Gasteiger partial charge is 0.123 e. The molecule has 1 unspecified atom stereocenters. The van der Waals surface area contributed by atoms with Crippen LogP contribution in [0.3, 0.4) is 0 Å². The molecule has 0 aliphatic carbocycles. The lowest BCUT2D eigenvalue weighted by atomic mass is 9.92. The summed E-state index contributed by atoms with van der Waals surface area (Å²) in [7, 11) is 0. The highest BCUT2D eigenvalue weighted by Crippen LogP contribution is 2.36. The third kappa shape index (κ3) is 1.87. The van der Waals surface area contributed by atoms with Gasteiger partial charge in [-0.15, -0.1) is 0 Å². The maximum absolute atomic E-state index is 9.76. The van der Waals surface area contributed by atoms with E-state index in [2.05, 4.69) is 0 Å². The zero-order chi connectivity index (χ0) is 11.5. The summed E-state index contributed by atoms with van der Waals surface area (Å²) in [4.78, 5) is 0. The van der Waals surface area contributed by atoms with Crippen molar-refractivity contribution in [1.82, 2.24) is 0 Å². The Morgan fingerprint density at radius 1 is 0.812 bits per heavy atom. The van der Waals surface area contributed by atoms with Gasteiger partial charge in [0.25, 0.3) is 0 Å². The fraction of sp³-hybridized carbons (Fsp3) is 0.143. The molecule has 0 aliphatic rings. The van der Waals surface area contributed by atoms with Gasteiger partial charge in [-0.3, -0.25) is 0 Å². The SMILES string of the molecule is CC(c1ccccc1)c1c(O)cccc1O. The number of benzene rings is 2. The van der Waals surface area contributed by atoms with Gasteiger partial charge in [-0.1, -0.05) is 43.3 Å². The van der Waals surface area contributed by atoms with E-state index in [1.807, 2.05) is 37.3 Å². The molecule has 0 spiro atoms. The van der Waals surface area contributed by atoms with E-state index in [9.17, 15) is 10.2 Å². The summed E-state index contributed by atoms with van der Waals surface area (Å²) in [5.74, 6) is 0.245. The van der Waals surface area contributed by atoms with Gasteiger partial charge in [0.15, 0.2) is 0 Å². The topological polar surface area (TPSA) is 40.5 Å². The molecule has 2 aromatic carbocycles. The quantitative estimate of drug-likeness (QED) is 0.805. The Morgan fingerprint density at radius 2 is 1.38 bits per heavy atom. The predicted octanol–water partition coefficient (Wildman–Crippen LogP) is 3.25. The molecule has 0 amide bonds. The lowest BCUT2D eigenvalue weighted by Gasteiger charge is -2.15. The van der Waals surface area contributed by atoms with E-state index in [4.69, 9.17) is 0 Å². The van der Waals surface area contributed by atoms with Gasteiger partial charge in [-0.2, -0.15) is 0 Å². The number of hydrogen-bond acceptors (Lipinski definition) is 2. The number of aromatic hydroxyl groups is 2. The third-order valence-electron chi connectivity index (χ3n) is 2.79. The average Bonchev–Trinajstić information content (AvgIpc) is 2.30. The Balaban J connectivity index is 2.46. The molecule has 2 aromatic rings. The molecule has 16 heavy (non-hydrogen) atoms. The second kappa shape index (κ2) is 4.27. The van der Waals surface area contributed by atoms with Crippen LogP contribution in [0.4, 0.5) is 0 Å². The van der Waals surface area contributed by atoms with E-state index in [1.54, 1.807) is 18.2 Å². The molecule has 0 heterocycles. The van der Waals surface area contributed by atoms with Crippen LogP contribution >= 0.6 is 0 Å². The summed E-state index contributed by atoms with van der Waals surface area (Å²) >= 11 is 0. The minimum Gasteiger partial charge on any atom is -0.508 e. The Kier molecular flexibility index (Phi) is 2.82. The second-order valence-corrected chi connectivity index (χ2v) is 3.84. The van der Waals surface area contributed by atoms with E-state index in [0.29, 0.717) is 5.56 Å². The van der Waals surface area contributed by atoms with Crippen molar-refractivity contribution in [3.8, 4) is 11.5 Å². The monoisotopic (exact) mass is 214 g/mol. The van der Waals surface area contributed by atoms with Crippen LogP contribution in [0, 0.1) is 0 Å². The molecule has 0 aromatic heterocycles. The molecule has 82 valence electrons. The highest BCUT2D eigenvalue weighted by Gasteiger charge is 2.16. The number of hydrogen-bond donors (Lipinski definition) is 2. The molecular weight excluding hydrogens is 200 g/mol. The Morgan fingerprint density at radius 3 is 1.94 bits per heavy atom. The van der Waals surface area contributed by atoms with Crippen molar-refractivity contribution < 1.29 is 10.2 Å². The van der Waals surface area contributed by atoms with E-state index in [-0.39, 0.29) is 17.4 Å². The van der Waals surface area contributed by atoms with Crippen LogP contribution in [0.5, 0.6) is 11.5 Å². The Hall–Kier alpha value is -1.96. The molecule has 0 radical (unpaired) electrons. The zero-order valence-electron chi connectivity index (χ0n) is 9.09. The van der Waals surface area contributed by atoms with Crippen molar-refractivity contribution in [3.05, 3.63) is 59.7 Å². The van der Waals surface area contributed by atoms with Gasteiger partial charge in [0, 0.05) is 11.5 Å². The predicted molar refractivity (Wildman–Crippen MR) is 63.7 cm³/mol. The maximum atomic E-state index is 9.76. The summed E-state index contributed by atoms with van der Waals surface area (Å²) in [5.41, 5.74) is 1.65. The maximum Gasteiger partial charge on any atom is 0.123 e. The lowest BCUT2D eigenvalue weighted by molar-refractivity contribution is 0.435. The average molecular weight is 214 g/mol. The summed E-state index contributed by atoms with van der Waals surface area (Å²) in [6.45, 7) is 1.96. The molecular formula is C14H14O2. The van der Waals surface area contributed by atoms with Crippen LogP contribution in [-0.2, 0) is 0 Å². The van der Waals surface area contributed by atoms with Gasteiger partial charge in [-0.25, -0.2) is 0 Å². The Bertz CT molecular complexity index is 457. The molecule has 0 saturated carbocycles. The molecule has 2 rings (SSSR count). The number of rotatable bonds is 2. The molecule has 2 N–H and O–H groups in total. The van der Waals surface area contributed by atoms with Crippen LogP contribution in [0.25, 0.3) is 0 Å². The van der Waals surface area contributed by atoms with Gasteiger partial charge in [0.05, 0.1) is 0 Å². The number of phenolic OH excluding ortho intramolecular Hbond substituents is 2. The van der Waals surface area contributed by atoms with Gasteiger partial charge in [-0.05, 0) is 17.7 Å². The molecule has 2 nitrogen and oxygen atoms in total. The standard InChI is InChI=1S/C14H14O2/c1-10(11-6-3-2-4-7-11)14-12(15)8-5-9-13(14)16/h2-10,15-16H,1H3. The first-order valence-electron chi connectivity index (χ1n) is 5.26. The Labute approximate surface area is 94.8 Å². The van der Waals surface area contributed by atoms with Crippen LogP contribution < -0.4 is 0 Å². The normalized spacial score (nSPS) is 12.3. The van der Waals surface area contributed by atoms with Crippen LogP contribution in [0.1, 0.15) is 24.0 Å². The van der Waals surface area contributed by atoms with Gasteiger partial charge in [0.2, 0.25) is 0 Å². The highest BCUT2D eigenvalue weighted by molar-refractivity contribution is 5.48. The van der Waals surface area contributed by atoms with Crippen molar-refractivity contribution >= 4 is 0 Å². The first-order valence-corrected chi connectivity index (χ1v) is 5.26. The summed E-state index contributed by atoms with van der Waals surface area (Å²) in [6, 6.07) is 14.6. The van der Waals surface area contributed by atoms with Crippen LogP contribution in [0.15, 0.2) is 48.5 Å². The highest BCUT2D eigenvalue weighted by atomic mass is 16.3. The van der Waals surface area contributed by atoms with Gasteiger partial charge in [0.1, 0.15) is 11.5 Å². The molecule has 0 fully saturated rings. The first-order chi connectivity index (χ1) is 7.70. The van der Waals surface area contributed by atoms with Crippen molar-refractivity contribution in [2.75, 3.05) is 0 Å². The fourth-order valence-corrected chi connectivity index (χ4v) is 1.89. The van der Waals surface area contributed by atoms with Crippen molar-refractivity contribution in [1.29, 1.82) is 0 Å². The van der Waals surface area contributed by atoms with Gasteiger partial charge < -0.3 is 10.2 Å². The minimum atomic E-state index is -0.0256.